The molecule has 1 amide bonds. The number of anilines is 1. The normalized spacial score (nSPS) is 11.5. The molecular weight excluding hydrogens is 382 g/mol. The van der Waals surface area contributed by atoms with Crippen LogP contribution < -0.4 is 5.32 Å². The summed E-state index contributed by atoms with van der Waals surface area (Å²) in [7, 11) is 0. The molecule has 1 aromatic heterocycles. The highest BCUT2D eigenvalue weighted by molar-refractivity contribution is 5.98. The van der Waals surface area contributed by atoms with Gasteiger partial charge in [0.25, 0.3) is 5.91 Å². The minimum atomic E-state index is -4.65. The van der Waals surface area contributed by atoms with Crippen LogP contribution in [0.5, 0.6) is 0 Å². The molecule has 0 bridgehead atoms. The number of amides is 1. The number of nitrogens with one attached hydrogen (secondary N) is 1. The predicted octanol–water partition coefficient (Wildman–Crippen LogP) is 4.69. The average molecular weight is 395 g/mol. The van der Waals surface area contributed by atoms with Crippen LogP contribution in [0.15, 0.2) is 46.9 Å². The number of esters is 1. The van der Waals surface area contributed by atoms with E-state index in [1.54, 1.807) is 0 Å². The maximum absolute atomic E-state index is 13.3. The van der Waals surface area contributed by atoms with E-state index in [2.05, 4.69) is 5.32 Å². The van der Waals surface area contributed by atoms with Gasteiger partial charge in [0.15, 0.2) is 6.61 Å². The smallest absolute Gasteiger partial charge is 0.418 e. The summed E-state index contributed by atoms with van der Waals surface area (Å²) in [5.74, 6) is -2.68. The number of furan rings is 1. The van der Waals surface area contributed by atoms with E-state index in [9.17, 15) is 27.2 Å². The van der Waals surface area contributed by atoms with Crippen LogP contribution in [0.1, 0.15) is 21.7 Å². The molecule has 0 saturated carbocycles. The van der Waals surface area contributed by atoms with E-state index in [-0.39, 0.29) is 11.3 Å². The summed E-state index contributed by atoms with van der Waals surface area (Å²) >= 11 is 0. The Balaban J connectivity index is 1.69. The highest BCUT2D eigenvalue weighted by Gasteiger charge is 2.33. The Morgan fingerprint density at radius 3 is 2.57 bits per heavy atom. The molecule has 1 heterocycles. The molecule has 0 aliphatic carbocycles. The molecule has 5 nitrogen and oxygen atoms in total. The zero-order valence-electron chi connectivity index (χ0n) is 14.4. The third-order valence-electron chi connectivity index (χ3n) is 3.92. The number of rotatable bonds is 4. The van der Waals surface area contributed by atoms with Gasteiger partial charge in [0.2, 0.25) is 5.76 Å². The van der Waals surface area contributed by atoms with Gasteiger partial charge in [-0.25, -0.2) is 9.18 Å². The predicted molar refractivity (Wildman–Crippen MR) is 91.3 cm³/mol. The van der Waals surface area contributed by atoms with E-state index in [1.165, 1.54) is 31.2 Å². The van der Waals surface area contributed by atoms with Crippen molar-refractivity contribution in [3.05, 3.63) is 65.2 Å². The quantitative estimate of drug-likeness (QED) is 0.514. The van der Waals surface area contributed by atoms with Crippen molar-refractivity contribution in [1.29, 1.82) is 0 Å². The third-order valence-corrected chi connectivity index (χ3v) is 3.92. The standard InChI is InChI=1S/C19H13F4NO4/c1-10-12-8-11(20)6-7-15(12)28-17(10)18(26)27-9-16(25)24-14-5-3-2-4-13(14)19(21,22)23/h2-8H,9H2,1H3,(H,24,25). The fraction of sp³-hybridized carbons (Fsp3) is 0.158. The van der Waals surface area contributed by atoms with Crippen molar-refractivity contribution in [2.45, 2.75) is 13.1 Å². The van der Waals surface area contributed by atoms with Crippen molar-refractivity contribution in [3.8, 4) is 0 Å². The van der Waals surface area contributed by atoms with Crippen LogP contribution in [0.25, 0.3) is 11.0 Å². The third kappa shape index (κ3) is 3.98. The number of halogens is 4. The van der Waals surface area contributed by atoms with Gasteiger partial charge >= 0.3 is 12.1 Å². The molecule has 3 rings (SSSR count). The molecule has 0 aliphatic rings. The maximum Gasteiger partial charge on any atom is 0.418 e. The minimum Gasteiger partial charge on any atom is -0.450 e. The Morgan fingerprint density at radius 2 is 1.86 bits per heavy atom. The van der Waals surface area contributed by atoms with Gasteiger partial charge in [0, 0.05) is 10.9 Å². The zero-order valence-corrected chi connectivity index (χ0v) is 14.4. The van der Waals surface area contributed by atoms with Crippen LogP contribution in [-0.4, -0.2) is 18.5 Å². The lowest BCUT2D eigenvalue weighted by atomic mass is 10.1. The molecule has 0 unspecified atom stereocenters. The van der Waals surface area contributed by atoms with Gasteiger partial charge in [-0.15, -0.1) is 0 Å². The second-order valence-electron chi connectivity index (χ2n) is 5.86. The molecule has 0 saturated heterocycles. The van der Waals surface area contributed by atoms with Gasteiger partial charge in [-0.05, 0) is 37.3 Å². The number of aryl methyl sites for hydroxylation is 1. The Hall–Kier alpha value is -3.36. The van der Waals surface area contributed by atoms with Crippen molar-refractivity contribution < 1.29 is 36.3 Å². The lowest BCUT2D eigenvalue weighted by molar-refractivity contribution is -0.137. The first-order valence-electron chi connectivity index (χ1n) is 7.98. The summed E-state index contributed by atoms with van der Waals surface area (Å²) in [6.45, 7) is 0.692. The molecule has 0 fully saturated rings. The lowest BCUT2D eigenvalue weighted by Crippen LogP contribution is -2.22. The van der Waals surface area contributed by atoms with Crippen molar-refractivity contribution in [1.82, 2.24) is 0 Å². The van der Waals surface area contributed by atoms with Gasteiger partial charge in [0.1, 0.15) is 11.4 Å². The van der Waals surface area contributed by atoms with E-state index in [0.29, 0.717) is 10.9 Å². The summed E-state index contributed by atoms with van der Waals surface area (Å²) in [5.41, 5.74) is -0.895. The minimum absolute atomic E-state index is 0.218. The molecule has 0 aliphatic heterocycles. The van der Waals surface area contributed by atoms with Crippen LogP contribution in [0.3, 0.4) is 0 Å². The van der Waals surface area contributed by atoms with E-state index in [0.717, 1.165) is 18.2 Å². The fourth-order valence-corrected chi connectivity index (χ4v) is 2.61. The van der Waals surface area contributed by atoms with Crippen LogP contribution in [0.2, 0.25) is 0 Å². The Bertz CT molecular complexity index is 1060. The van der Waals surface area contributed by atoms with Crippen molar-refractivity contribution in [2.75, 3.05) is 11.9 Å². The molecule has 0 spiro atoms. The van der Waals surface area contributed by atoms with Gasteiger partial charge < -0.3 is 14.5 Å². The van der Waals surface area contributed by atoms with Crippen LogP contribution in [0, 0.1) is 12.7 Å². The van der Waals surface area contributed by atoms with Gasteiger partial charge in [-0.1, -0.05) is 12.1 Å². The summed E-state index contributed by atoms with van der Waals surface area (Å²) in [4.78, 5) is 24.0. The van der Waals surface area contributed by atoms with Crippen LogP contribution in [-0.2, 0) is 15.7 Å². The number of carbonyl (C=O) groups excluding carboxylic acids is 2. The van der Waals surface area contributed by atoms with Crippen molar-refractivity contribution >= 4 is 28.5 Å². The number of hydrogen-bond donors (Lipinski definition) is 1. The summed E-state index contributed by atoms with van der Waals surface area (Å²) in [5, 5.41) is 2.43. The largest absolute Gasteiger partial charge is 0.450 e. The second kappa shape index (κ2) is 7.34. The first kappa shape index (κ1) is 19.4. The zero-order chi connectivity index (χ0) is 20.5. The van der Waals surface area contributed by atoms with E-state index in [1.807, 2.05) is 0 Å². The molecule has 2 aromatic carbocycles. The summed E-state index contributed by atoms with van der Waals surface area (Å²) in [6.07, 6.45) is -4.65. The topological polar surface area (TPSA) is 68.5 Å². The number of alkyl halides is 3. The van der Waals surface area contributed by atoms with Crippen LogP contribution in [0.4, 0.5) is 23.2 Å². The van der Waals surface area contributed by atoms with E-state index >= 15 is 0 Å². The summed E-state index contributed by atoms with van der Waals surface area (Å²) < 4.78 is 62.2. The Kier molecular flexibility index (Phi) is 5.08. The highest BCUT2D eigenvalue weighted by atomic mass is 19.4. The van der Waals surface area contributed by atoms with Gasteiger partial charge in [-0.3, -0.25) is 4.79 Å². The number of ether oxygens (including phenoxy) is 1. The second-order valence-corrected chi connectivity index (χ2v) is 5.86. The van der Waals surface area contributed by atoms with Crippen molar-refractivity contribution in [2.24, 2.45) is 0 Å². The van der Waals surface area contributed by atoms with Gasteiger partial charge in [0.05, 0.1) is 11.3 Å². The molecule has 28 heavy (non-hydrogen) atoms. The maximum atomic E-state index is 13.3. The van der Waals surface area contributed by atoms with E-state index < -0.39 is 41.7 Å². The number of benzene rings is 2. The molecule has 1 N–H and O–H groups in total. The first-order valence-corrected chi connectivity index (χ1v) is 7.98. The Morgan fingerprint density at radius 1 is 1.14 bits per heavy atom. The molecule has 3 aromatic rings. The van der Waals surface area contributed by atoms with E-state index in [4.69, 9.17) is 9.15 Å². The molecule has 0 atom stereocenters. The average Bonchev–Trinajstić information content (AvgIpc) is 2.96. The van der Waals surface area contributed by atoms with Crippen molar-refractivity contribution in [3.63, 3.8) is 0 Å². The SMILES string of the molecule is Cc1c(C(=O)OCC(=O)Nc2ccccc2C(F)(F)F)oc2ccc(F)cc12. The fourth-order valence-electron chi connectivity index (χ4n) is 2.61. The molecular formula is C19H13F4NO4. The monoisotopic (exact) mass is 395 g/mol. The molecule has 9 heteroatoms. The summed E-state index contributed by atoms with van der Waals surface area (Å²) in [6, 6.07) is 8.10. The van der Waals surface area contributed by atoms with Crippen LogP contribution >= 0.6 is 0 Å². The Labute approximate surface area is 155 Å². The lowest BCUT2D eigenvalue weighted by Gasteiger charge is -2.13. The molecule has 0 radical (unpaired) electrons. The number of carbonyl (C=O) groups is 2. The number of fused-ring (bicyclic) bond motifs is 1. The van der Waals surface area contributed by atoms with Gasteiger partial charge in [-0.2, -0.15) is 13.2 Å². The highest BCUT2D eigenvalue weighted by Crippen LogP contribution is 2.34. The molecule has 146 valence electrons. The number of para-hydroxylation sites is 1. The number of hydrogen-bond acceptors (Lipinski definition) is 4. The first-order chi connectivity index (χ1) is 13.2.